The molecule has 19 heteroatoms. The molecule has 4 aromatic rings. The first kappa shape index (κ1) is 44.8. The molecule has 3 aromatic heterocycles. The summed E-state index contributed by atoms with van der Waals surface area (Å²) < 4.78 is 18.3. The number of benzene rings is 1. The summed E-state index contributed by atoms with van der Waals surface area (Å²) in [6.07, 6.45) is 11.6. The van der Waals surface area contributed by atoms with Crippen LogP contribution in [-0.2, 0) is 11.2 Å². The minimum Gasteiger partial charge on any atom is -0.570 e. The maximum Gasteiger partial charge on any atom is 0.376 e. The van der Waals surface area contributed by atoms with Crippen LogP contribution in [0.15, 0.2) is 71.4 Å². The Morgan fingerprint density at radius 2 is 1.60 bits per heavy atom. The average molecular weight is 815 g/mol. The van der Waals surface area contributed by atoms with E-state index in [2.05, 4.69) is 74.6 Å². The molecule has 2 fully saturated rings. The molecular weight excluding hydrogens is 765 g/mol. The molecule has 3 N–H and O–H groups in total. The number of likely N-dealkylation sites (tertiary alicyclic amines) is 1. The molecule has 15 nitrogen and oxygen atoms in total. The summed E-state index contributed by atoms with van der Waals surface area (Å²) in [5.74, 6) is 1.10. The highest BCUT2D eigenvalue weighted by Gasteiger charge is 2.29. The SMILES string of the molecule is CC.CCCn1cc(N)cn1.[B]O/C(C)=C(/C)Br.[B]Oc1ccc(Nc2ccc(N3CCC(N4CCC(n5cc([N+](=O)[O-])cn5)CC4)CC3)cc2)c(O[B])n1. The van der Waals surface area contributed by atoms with Gasteiger partial charge in [0.15, 0.2) is 5.88 Å². The van der Waals surface area contributed by atoms with Crippen LogP contribution in [0.4, 0.5) is 28.4 Å². The van der Waals surface area contributed by atoms with E-state index < -0.39 is 4.92 Å². The fraction of sp³-hybridized carbons (Fsp3) is 0.472. The number of nitro groups is 1. The van der Waals surface area contributed by atoms with Crippen molar-refractivity contribution in [2.75, 3.05) is 42.1 Å². The van der Waals surface area contributed by atoms with Crippen LogP contribution in [0.3, 0.4) is 0 Å². The Morgan fingerprint density at radius 3 is 2.09 bits per heavy atom. The number of nitrogen functional groups attached to an aromatic ring is 1. The molecule has 0 saturated carbocycles. The summed E-state index contributed by atoms with van der Waals surface area (Å²) in [6, 6.07) is 12.4. The number of hydrogen-bond donors (Lipinski definition) is 2. The Balaban J connectivity index is 0.000000373. The summed E-state index contributed by atoms with van der Waals surface area (Å²) >= 11 is 3.17. The molecule has 0 aliphatic carbocycles. The van der Waals surface area contributed by atoms with Gasteiger partial charge in [0.25, 0.3) is 0 Å². The standard InChI is InChI=1S/C24H27B2N7O4.C6H11N3.C4H6BBrO.C2H6/c25-36-23-6-5-22(24(29-23)37-26)28-17-1-3-18(4-2-17)30-11-7-19(8-12-30)31-13-9-20(10-14-31)32-16-21(15-27-32)33(34)35;1-2-3-9-5-6(7)4-8-9;1-3(6)4(2)7-5;1-2/h1-6,15-16,19-20,28H,7-14H2;4-5H,2-3,7H2,1H3;1-2H3;1-2H3/b;;4-3-;. The van der Waals surface area contributed by atoms with Crippen LogP contribution in [-0.4, -0.2) is 90.7 Å². The molecule has 0 unspecified atom stereocenters. The van der Waals surface area contributed by atoms with Gasteiger partial charge in [-0.3, -0.25) is 19.5 Å². The molecule has 0 bridgehead atoms. The molecule has 290 valence electrons. The lowest BCUT2D eigenvalue weighted by atomic mass is 9.97. The fourth-order valence-electron chi connectivity index (χ4n) is 6.02. The minimum atomic E-state index is -0.391. The van der Waals surface area contributed by atoms with Crippen molar-refractivity contribution in [3.63, 3.8) is 0 Å². The molecule has 0 spiro atoms. The summed E-state index contributed by atoms with van der Waals surface area (Å²) in [6.45, 7) is 14.7. The van der Waals surface area contributed by atoms with Crippen LogP contribution < -0.4 is 25.3 Å². The van der Waals surface area contributed by atoms with Crippen LogP contribution in [0, 0.1) is 10.1 Å². The number of nitrogens with two attached hydrogens (primary N) is 1. The van der Waals surface area contributed by atoms with E-state index in [0.717, 1.165) is 80.7 Å². The average Bonchev–Trinajstić information content (AvgIpc) is 3.89. The van der Waals surface area contributed by atoms with E-state index in [1.165, 1.54) is 11.9 Å². The lowest BCUT2D eigenvalue weighted by Gasteiger charge is -2.42. The molecule has 55 heavy (non-hydrogen) atoms. The number of allylic oxidation sites excluding steroid dienone is 2. The van der Waals surface area contributed by atoms with E-state index >= 15 is 0 Å². The van der Waals surface area contributed by atoms with Crippen molar-refractivity contribution in [2.24, 2.45) is 0 Å². The van der Waals surface area contributed by atoms with Gasteiger partial charge in [-0.05, 0) is 76.3 Å². The normalized spacial score (nSPS) is 15.1. The molecule has 2 saturated heterocycles. The van der Waals surface area contributed by atoms with Gasteiger partial charge < -0.3 is 34.8 Å². The third-order valence-electron chi connectivity index (χ3n) is 9.00. The van der Waals surface area contributed by atoms with E-state index in [4.69, 9.17) is 34.5 Å². The van der Waals surface area contributed by atoms with Crippen molar-refractivity contribution in [3.8, 4) is 11.8 Å². The van der Waals surface area contributed by atoms with Crippen LogP contribution in [0.1, 0.15) is 72.8 Å². The first-order valence-corrected chi connectivity index (χ1v) is 19.1. The first-order valence-electron chi connectivity index (χ1n) is 18.3. The maximum atomic E-state index is 10.9. The largest absolute Gasteiger partial charge is 0.570 e. The molecule has 1 aromatic carbocycles. The number of piperidine rings is 2. The first-order chi connectivity index (χ1) is 26.5. The Morgan fingerprint density at radius 1 is 0.945 bits per heavy atom. The van der Waals surface area contributed by atoms with Gasteiger partial charge >= 0.3 is 29.8 Å². The highest BCUT2D eigenvalue weighted by molar-refractivity contribution is 9.11. The van der Waals surface area contributed by atoms with Crippen molar-refractivity contribution in [2.45, 2.75) is 85.4 Å². The highest BCUT2D eigenvalue weighted by Crippen LogP contribution is 2.31. The molecule has 5 heterocycles. The number of nitrogens with zero attached hydrogens (tertiary/aromatic N) is 8. The third-order valence-corrected chi connectivity index (χ3v) is 9.56. The Kier molecular flexibility index (Phi) is 19.0. The van der Waals surface area contributed by atoms with Gasteiger partial charge in [0.1, 0.15) is 18.1 Å². The lowest BCUT2D eigenvalue weighted by Crippen LogP contribution is -2.48. The van der Waals surface area contributed by atoms with E-state index in [0.29, 0.717) is 17.5 Å². The summed E-state index contributed by atoms with van der Waals surface area (Å²) in [5, 5.41) is 22.4. The van der Waals surface area contributed by atoms with Crippen molar-refractivity contribution < 1.29 is 18.9 Å². The Bertz CT molecular complexity index is 1760. The quantitative estimate of drug-likeness (QED) is 0.0706. The molecule has 6 radical (unpaired) electrons. The maximum absolute atomic E-state index is 10.9. The van der Waals surface area contributed by atoms with Gasteiger partial charge in [0, 0.05) is 66.9 Å². The summed E-state index contributed by atoms with van der Waals surface area (Å²) in [7, 11) is 15.3. The number of nitrogens with one attached hydrogen (secondary N) is 1. The zero-order chi connectivity index (χ0) is 40.3. The van der Waals surface area contributed by atoms with E-state index in [-0.39, 0.29) is 23.5 Å². The zero-order valence-electron chi connectivity index (χ0n) is 32.3. The summed E-state index contributed by atoms with van der Waals surface area (Å²) in [4.78, 5) is 19.6. The van der Waals surface area contributed by atoms with Crippen molar-refractivity contribution >= 4 is 68.5 Å². The Hall–Kier alpha value is -4.64. The minimum absolute atomic E-state index is 0.0567. The van der Waals surface area contributed by atoms with Crippen LogP contribution in [0.25, 0.3) is 0 Å². The van der Waals surface area contributed by atoms with Gasteiger partial charge in [0.05, 0.1) is 28.6 Å². The van der Waals surface area contributed by atoms with Crippen molar-refractivity contribution in [1.29, 1.82) is 0 Å². The topological polar surface area (TPSA) is 164 Å². The third kappa shape index (κ3) is 13.9. The highest BCUT2D eigenvalue weighted by atomic mass is 79.9. The zero-order valence-corrected chi connectivity index (χ0v) is 33.9. The number of aryl methyl sites for hydroxylation is 1. The lowest BCUT2D eigenvalue weighted by molar-refractivity contribution is -0.385. The van der Waals surface area contributed by atoms with Crippen molar-refractivity contribution in [3.05, 3.63) is 81.5 Å². The second-order valence-electron chi connectivity index (χ2n) is 12.6. The monoisotopic (exact) mass is 814 g/mol. The van der Waals surface area contributed by atoms with E-state index in [1.807, 2.05) is 43.8 Å². The van der Waals surface area contributed by atoms with Crippen LogP contribution in [0.5, 0.6) is 11.8 Å². The molecule has 6 rings (SSSR count). The molecule has 2 aliphatic heterocycles. The van der Waals surface area contributed by atoms with Crippen molar-refractivity contribution in [1.82, 2.24) is 29.4 Å². The van der Waals surface area contributed by atoms with Gasteiger partial charge in [-0.1, -0.05) is 36.7 Å². The number of pyridine rings is 1. The predicted molar refractivity (Wildman–Crippen MR) is 223 cm³/mol. The van der Waals surface area contributed by atoms with Gasteiger partial charge in [-0.25, -0.2) is 0 Å². The van der Waals surface area contributed by atoms with E-state index in [1.54, 1.807) is 36.1 Å². The van der Waals surface area contributed by atoms with Crippen LogP contribution in [0.2, 0.25) is 0 Å². The number of halogens is 1. The number of aromatic nitrogens is 5. The van der Waals surface area contributed by atoms with Gasteiger partial charge in [-0.2, -0.15) is 15.2 Å². The smallest absolute Gasteiger partial charge is 0.376 e. The molecule has 2 aliphatic rings. The molecule has 0 atom stereocenters. The Labute approximate surface area is 336 Å². The van der Waals surface area contributed by atoms with E-state index in [9.17, 15) is 10.1 Å². The molecule has 0 amide bonds. The predicted octanol–water partition coefficient (Wildman–Crippen LogP) is 6.79. The summed E-state index contributed by atoms with van der Waals surface area (Å²) in [5.41, 5.74) is 8.89. The second-order valence-corrected chi connectivity index (χ2v) is 13.8. The van der Waals surface area contributed by atoms with Gasteiger partial charge in [0.2, 0.25) is 5.88 Å². The number of rotatable bonds is 11. The molecular formula is C36H50B3BrN10O5. The number of anilines is 4. The van der Waals surface area contributed by atoms with Gasteiger partial charge in [-0.15, -0.1) is 0 Å². The van der Waals surface area contributed by atoms with Crippen LogP contribution >= 0.6 is 15.9 Å². The number of hydrogen-bond acceptors (Lipinski definition) is 12. The fourth-order valence-corrected chi connectivity index (χ4v) is 6.12. The second kappa shape index (κ2) is 23.3.